The summed E-state index contributed by atoms with van der Waals surface area (Å²) < 4.78 is 5.18. The lowest BCUT2D eigenvalue weighted by Crippen LogP contribution is -2.25. The van der Waals surface area contributed by atoms with Gasteiger partial charge in [0.2, 0.25) is 0 Å². The second-order valence-corrected chi connectivity index (χ2v) is 5.65. The SMILES string of the molecule is CC(C)(C)OC(=O)CCNc1nccc(C(N)=NO)c1Cl. The molecule has 0 saturated heterocycles. The van der Waals surface area contributed by atoms with Crippen LogP contribution >= 0.6 is 11.6 Å². The van der Waals surface area contributed by atoms with E-state index >= 15 is 0 Å². The van der Waals surface area contributed by atoms with Crippen LogP contribution in [0.25, 0.3) is 0 Å². The summed E-state index contributed by atoms with van der Waals surface area (Å²) in [6, 6.07) is 1.52. The molecule has 21 heavy (non-hydrogen) atoms. The number of carbonyl (C=O) groups is 1. The molecule has 0 aromatic carbocycles. The van der Waals surface area contributed by atoms with Crippen LogP contribution in [0.15, 0.2) is 17.4 Å². The Morgan fingerprint density at radius 1 is 1.57 bits per heavy atom. The Hall–Kier alpha value is -2.02. The third-order valence-corrected chi connectivity index (χ3v) is 2.70. The van der Waals surface area contributed by atoms with Crippen molar-refractivity contribution < 1.29 is 14.7 Å². The van der Waals surface area contributed by atoms with E-state index in [1.807, 2.05) is 0 Å². The average molecular weight is 315 g/mol. The number of halogens is 1. The van der Waals surface area contributed by atoms with Crippen molar-refractivity contribution in [2.24, 2.45) is 10.9 Å². The van der Waals surface area contributed by atoms with Crippen molar-refractivity contribution in [2.45, 2.75) is 32.8 Å². The largest absolute Gasteiger partial charge is 0.460 e. The van der Waals surface area contributed by atoms with Crippen molar-refractivity contribution in [2.75, 3.05) is 11.9 Å². The summed E-state index contributed by atoms with van der Waals surface area (Å²) in [5.41, 5.74) is 5.34. The van der Waals surface area contributed by atoms with Crippen molar-refractivity contribution >= 4 is 29.2 Å². The van der Waals surface area contributed by atoms with Crippen molar-refractivity contribution in [1.29, 1.82) is 0 Å². The number of carbonyl (C=O) groups excluding carboxylic acids is 1. The van der Waals surface area contributed by atoms with E-state index in [0.29, 0.717) is 17.9 Å². The van der Waals surface area contributed by atoms with Gasteiger partial charge in [0.05, 0.1) is 11.4 Å². The molecular formula is C13H19ClN4O3. The first-order valence-corrected chi connectivity index (χ1v) is 6.70. The molecule has 1 heterocycles. The van der Waals surface area contributed by atoms with E-state index in [1.54, 1.807) is 20.8 Å². The summed E-state index contributed by atoms with van der Waals surface area (Å²) in [5.74, 6) is -0.0828. The van der Waals surface area contributed by atoms with Gasteiger partial charge in [-0.05, 0) is 26.8 Å². The number of rotatable bonds is 5. The summed E-state index contributed by atoms with van der Waals surface area (Å²) in [4.78, 5) is 15.6. The predicted octanol–water partition coefficient (Wildman–Crippen LogP) is 1.97. The predicted molar refractivity (Wildman–Crippen MR) is 80.7 cm³/mol. The standard InChI is InChI=1S/C13H19ClN4O3/c1-13(2,3)21-9(19)5-7-17-12-10(14)8(4-6-16-12)11(15)18-20/h4,6,20H,5,7H2,1-3H3,(H2,15,18)(H,16,17). The zero-order valence-corrected chi connectivity index (χ0v) is 12.9. The third-order valence-electron chi connectivity index (χ3n) is 2.31. The summed E-state index contributed by atoms with van der Waals surface area (Å²) in [6.07, 6.45) is 1.64. The van der Waals surface area contributed by atoms with Gasteiger partial charge < -0.3 is 21.0 Å². The second-order valence-electron chi connectivity index (χ2n) is 5.27. The number of hydrogen-bond acceptors (Lipinski definition) is 6. The molecule has 7 nitrogen and oxygen atoms in total. The van der Waals surface area contributed by atoms with Crippen LogP contribution < -0.4 is 11.1 Å². The number of nitrogens with one attached hydrogen (secondary N) is 1. The summed E-state index contributed by atoms with van der Waals surface area (Å²) in [6.45, 7) is 5.72. The maximum atomic E-state index is 11.6. The van der Waals surface area contributed by atoms with E-state index in [0.717, 1.165) is 0 Å². The number of anilines is 1. The number of nitrogens with two attached hydrogens (primary N) is 1. The molecule has 116 valence electrons. The maximum absolute atomic E-state index is 11.6. The molecule has 0 radical (unpaired) electrons. The molecule has 0 unspecified atom stereocenters. The van der Waals surface area contributed by atoms with Gasteiger partial charge in [0, 0.05) is 18.3 Å². The third kappa shape index (κ3) is 5.47. The normalized spacial score (nSPS) is 12.1. The number of aromatic nitrogens is 1. The van der Waals surface area contributed by atoms with Crippen molar-refractivity contribution in [1.82, 2.24) is 4.98 Å². The molecule has 1 aromatic rings. The van der Waals surface area contributed by atoms with Gasteiger partial charge in [0.25, 0.3) is 0 Å². The van der Waals surface area contributed by atoms with Gasteiger partial charge in [0.15, 0.2) is 5.84 Å². The Bertz CT molecular complexity index is 541. The van der Waals surface area contributed by atoms with Crippen LogP contribution in [0, 0.1) is 0 Å². The molecule has 8 heteroatoms. The lowest BCUT2D eigenvalue weighted by Gasteiger charge is -2.19. The number of nitrogens with zero attached hydrogens (tertiary/aromatic N) is 2. The number of ether oxygens (including phenoxy) is 1. The number of amidine groups is 1. The Morgan fingerprint density at radius 3 is 2.81 bits per heavy atom. The minimum Gasteiger partial charge on any atom is -0.460 e. The lowest BCUT2D eigenvalue weighted by atomic mass is 10.2. The van der Waals surface area contributed by atoms with E-state index in [9.17, 15) is 4.79 Å². The van der Waals surface area contributed by atoms with Gasteiger partial charge in [-0.15, -0.1) is 0 Å². The topological polar surface area (TPSA) is 110 Å². The van der Waals surface area contributed by atoms with Gasteiger partial charge in [-0.3, -0.25) is 4.79 Å². The van der Waals surface area contributed by atoms with Crippen LogP contribution in [-0.2, 0) is 9.53 Å². The molecule has 1 aromatic heterocycles. The van der Waals surface area contributed by atoms with Gasteiger partial charge in [-0.25, -0.2) is 4.98 Å². The molecule has 0 bridgehead atoms. The molecule has 0 aliphatic carbocycles. The number of hydrogen-bond donors (Lipinski definition) is 3. The highest BCUT2D eigenvalue weighted by atomic mass is 35.5. The molecule has 0 spiro atoms. The first-order chi connectivity index (χ1) is 9.74. The molecule has 0 amide bonds. The molecular weight excluding hydrogens is 296 g/mol. The quantitative estimate of drug-likeness (QED) is 0.252. The van der Waals surface area contributed by atoms with E-state index in [1.165, 1.54) is 12.3 Å². The Kier molecular flexibility index (Phi) is 5.78. The van der Waals surface area contributed by atoms with E-state index < -0.39 is 5.60 Å². The number of esters is 1. The first kappa shape index (κ1) is 17.0. The molecule has 0 aliphatic rings. The fraction of sp³-hybridized carbons (Fsp3) is 0.462. The number of oxime groups is 1. The monoisotopic (exact) mass is 314 g/mol. The van der Waals surface area contributed by atoms with Gasteiger partial charge in [0.1, 0.15) is 11.4 Å². The molecule has 0 fully saturated rings. The molecule has 0 saturated carbocycles. The lowest BCUT2D eigenvalue weighted by molar-refractivity contribution is -0.154. The van der Waals surface area contributed by atoms with Crippen LogP contribution in [0.5, 0.6) is 0 Å². The smallest absolute Gasteiger partial charge is 0.308 e. The zero-order chi connectivity index (χ0) is 16.0. The number of pyridine rings is 1. The second kappa shape index (κ2) is 7.12. The Balaban J connectivity index is 2.63. The van der Waals surface area contributed by atoms with Gasteiger partial charge in [-0.1, -0.05) is 16.8 Å². The van der Waals surface area contributed by atoms with Gasteiger partial charge in [-0.2, -0.15) is 0 Å². The molecule has 4 N–H and O–H groups in total. The fourth-order valence-electron chi connectivity index (χ4n) is 1.49. The summed E-state index contributed by atoms with van der Waals surface area (Å²) in [7, 11) is 0. The first-order valence-electron chi connectivity index (χ1n) is 6.32. The zero-order valence-electron chi connectivity index (χ0n) is 12.2. The molecule has 0 atom stereocenters. The summed E-state index contributed by atoms with van der Waals surface area (Å²) in [5, 5.41) is 14.7. The van der Waals surface area contributed by atoms with Gasteiger partial charge >= 0.3 is 5.97 Å². The minimum atomic E-state index is -0.515. The van der Waals surface area contributed by atoms with Crippen molar-refractivity contribution in [3.05, 3.63) is 22.8 Å². The van der Waals surface area contributed by atoms with Crippen molar-refractivity contribution in [3.8, 4) is 0 Å². The van der Waals surface area contributed by atoms with Crippen LogP contribution in [0.2, 0.25) is 5.02 Å². The van der Waals surface area contributed by atoms with Crippen LogP contribution in [0.4, 0.5) is 5.82 Å². The van der Waals surface area contributed by atoms with E-state index in [4.69, 9.17) is 27.3 Å². The van der Waals surface area contributed by atoms with Crippen molar-refractivity contribution in [3.63, 3.8) is 0 Å². The maximum Gasteiger partial charge on any atom is 0.308 e. The van der Waals surface area contributed by atoms with E-state index in [-0.39, 0.29) is 23.2 Å². The van der Waals surface area contributed by atoms with Crippen LogP contribution in [0.1, 0.15) is 32.8 Å². The Labute approximate surface area is 128 Å². The Morgan fingerprint density at radius 2 is 2.24 bits per heavy atom. The average Bonchev–Trinajstić information content (AvgIpc) is 2.38. The van der Waals surface area contributed by atoms with Crippen LogP contribution in [0.3, 0.4) is 0 Å². The van der Waals surface area contributed by atoms with Crippen LogP contribution in [-0.4, -0.2) is 34.1 Å². The fourth-order valence-corrected chi connectivity index (χ4v) is 1.77. The highest BCUT2D eigenvalue weighted by Gasteiger charge is 2.16. The molecule has 1 rings (SSSR count). The van der Waals surface area contributed by atoms with E-state index in [2.05, 4.69) is 15.5 Å². The summed E-state index contributed by atoms with van der Waals surface area (Å²) >= 11 is 6.09. The highest BCUT2D eigenvalue weighted by Crippen LogP contribution is 2.23. The minimum absolute atomic E-state index is 0.113. The highest BCUT2D eigenvalue weighted by molar-refractivity contribution is 6.36. The molecule has 0 aliphatic heterocycles.